The van der Waals surface area contributed by atoms with Crippen molar-refractivity contribution in [2.24, 2.45) is 0 Å². The van der Waals surface area contributed by atoms with E-state index in [1.165, 1.54) is 27.4 Å². The second-order valence-electron chi connectivity index (χ2n) is 14.9. The van der Waals surface area contributed by atoms with Crippen LogP contribution in [-0.2, 0) is 0 Å². The van der Waals surface area contributed by atoms with E-state index in [0.29, 0.717) is 0 Å². The van der Waals surface area contributed by atoms with Crippen LogP contribution >= 0.6 is 0 Å². The van der Waals surface area contributed by atoms with Crippen molar-refractivity contribution >= 4 is 82.7 Å². The standard InChI is InChI=1S/C54H34N2O2/c1-2-11-39(12-3-1)56-47-16-7-4-13-42(47)43-31-25-37(33-49(43)56)35-21-27-40(28-22-35)55(48-17-10-20-52-54(48)46-15-6-9-19-51(46)57-52)41-29-23-36(24-30-41)38-26-32-45-44-14-5-8-18-50(44)58-53(45)34-38/h1-34H. The molecular weight excluding hydrogens is 709 g/mol. The van der Waals surface area contributed by atoms with E-state index in [9.17, 15) is 0 Å². The molecule has 0 aliphatic rings. The highest BCUT2D eigenvalue weighted by Crippen LogP contribution is 2.44. The van der Waals surface area contributed by atoms with Gasteiger partial charge in [-0.3, -0.25) is 0 Å². The SMILES string of the molecule is c1ccc(-n2c3ccccc3c3ccc(-c4ccc(N(c5ccc(-c6ccc7c(c6)oc6ccccc67)cc5)c5cccc6oc7ccccc7c56)cc4)cc32)cc1. The van der Waals surface area contributed by atoms with Gasteiger partial charge in [0.15, 0.2) is 0 Å². The first-order chi connectivity index (χ1) is 28.7. The van der Waals surface area contributed by atoms with Gasteiger partial charge in [-0.2, -0.15) is 0 Å². The van der Waals surface area contributed by atoms with Gasteiger partial charge in [0.25, 0.3) is 0 Å². The summed E-state index contributed by atoms with van der Waals surface area (Å²) < 4.78 is 15.0. The summed E-state index contributed by atoms with van der Waals surface area (Å²) >= 11 is 0. The first-order valence-corrected chi connectivity index (χ1v) is 19.7. The molecule has 0 unspecified atom stereocenters. The molecule has 0 amide bonds. The molecule has 0 saturated carbocycles. The smallest absolute Gasteiger partial charge is 0.137 e. The fourth-order valence-corrected chi connectivity index (χ4v) is 8.89. The molecule has 0 saturated heterocycles. The number of aromatic nitrogens is 1. The maximum atomic E-state index is 6.39. The first-order valence-electron chi connectivity index (χ1n) is 19.7. The Balaban J connectivity index is 0.975. The van der Waals surface area contributed by atoms with Crippen LogP contribution in [0.15, 0.2) is 215 Å². The molecule has 272 valence electrons. The normalized spacial score (nSPS) is 11.8. The third kappa shape index (κ3) is 5.09. The first kappa shape index (κ1) is 32.4. The monoisotopic (exact) mass is 742 g/mol. The lowest BCUT2D eigenvalue weighted by atomic mass is 10.0. The van der Waals surface area contributed by atoms with Gasteiger partial charge >= 0.3 is 0 Å². The number of para-hydroxylation sites is 4. The van der Waals surface area contributed by atoms with Gasteiger partial charge in [-0.1, -0.05) is 121 Å². The average Bonchev–Trinajstić information content (AvgIpc) is 3.97. The molecule has 0 bridgehead atoms. The highest BCUT2D eigenvalue weighted by Gasteiger charge is 2.20. The summed E-state index contributed by atoms with van der Waals surface area (Å²) in [6.07, 6.45) is 0. The largest absolute Gasteiger partial charge is 0.456 e. The van der Waals surface area contributed by atoms with E-state index in [0.717, 1.165) is 83.3 Å². The van der Waals surface area contributed by atoms with Crippen LogP contribution in [-0.4, -0.2) is 4.57 Å². The summed E-state index contributed by atoms with van der Waals surface area (Å²) in [7, 11) is 0. The molecule has 3 heterocycles. The summed E-state index contributed by atoms with van der Waals surface area (Å²) in [6.45, 7) is 0. The molecule has 12 aromatic rings. The Bertz CT molecular complexity index is 3500. The van der Waals surface area contributed by atoms with Crippen molar-refractivity contribution in [1.82, 2.24) is 4.57 Å². The van der Waals surface area contributed by atoms with Crippen LogP contribution in [0, 0.1) is 0 Å². The van der Waals surface area contributed by atoms with Crippen LogP contribution in [0.4, 0.5) is 17.1 Å². The van der Waals surface area contributed by atoms with Crippen molar-refractivity contribution in [1.29, 1.82) is 0 Å². The Morgan fingerprint density at radius 2 is 0.845 bits per heavy atom. The van der Waals surface area contributed by atoms with E-state index < -0.39 is 0 Å². The number of hydrogen-bond acceptors (Lipinski definition) is 3. The maximum Gasteiger partial charge on any atom is 0.137 e. The van der Waals surface area contributed by atoms with Gasteiger partial charge in [0, 0.05) is 44.0 Å². The third-order valence-electron chi connectivity index (χ3n) is 11.6. The fourth-order valence-electron chi connectivity index (χ4n) is 8.89. The predicted octanol–water partition coefficient (Wildman–Crippen LogP) is 15.4. The minimum atomic E-state index is 0.859. The highest BCUT2D eigenvalue weighted by atomic mass is 16.3. The number of nitrogens with zero attached hydrogens (tertiary/aromatic N) is 2. The molecule has 0 atom stereocenters. The Labute approximate surface area is 334 Å². The zero-order valence-corrected chi connectivity index (χ0v) is 31.3. The molecule has 4 nitrogen and oxygen atoms in total. The minimum Gasteiger partial charge on any atom is -0.456 e. The summed E-state index contributed by atoms with van der Waals surface area (Å²) in [5, 5.41) is 6.93. The topological polar surface area (TPSA) is 34.5 Å². The van der Waals surface area contributed by atoms with Gasteiger partial charge in [-0.15, -0.1) is 0 Å². The van der Waals surface area contributed by atoms with E-state index in [1.54, 1.807) is 0 Å². The molecule has 0 N–H and O–H groups in total. The fraction of sp³-hybridized carbons (Fsp3) is 0. The van der Waals surface area contributed by atoms with E-state index >= 15 is 0 Å². The second-order valence-corrected chi connectivity index (χ2v) is 14.9. The summed E-state index contributed by atoms with van der Waals surface area (Å²) in [5.41, 5.74) is 14.8. The van der Waals surface area contributed by atoms with Crippen molar-refractivity contribution in [3.8, 4) is 27.9 Å². The van der Waals surface area contributed by atoms with Gasteiger partial charge in [0.2, 0.25) is 0 Å². The molecule has 3 aromatic heterocycles. The van der Waals surface area contributed by atoms with Crippen molar-refractivity contribution in [3.05, 3.63) is 206 Å². The van der Waals surface area contributed by atoms with Crippen molar-refractivity contribution in [2.45, 2.75) is 0 Å². The summed E-state index contributed by atoms with van der Waals surface area (Å²) in [5.74, 6) is 0. The lowest BCUT2D eigenvalue weighted by molar-refractivity contribution is 0.668. The summed E-state index contributed by atoms with van der Waals surface area (Å²) in [6, 6.07) is 73.3. The third-order valence-corrected chi connectivity index (χ3v) is 11.6. The quantitative estimate of drug-likeness (QED) is 0.170. The van der Waals surface area contributed by atoms with Crippen LogP contribution in [0.25, 0.3) is 93.6 Å². The van der Waals surface area contributed by atoms with Crippen molar-refractivity contribution in [3.63, 3.8) is 0 Å². The van der Waals surface area contributed by atoms with E-state index in [-0.39, 0.29) is 0 Å². The second kappa shape index (κ2) is 12.9. The zero-order valence-electron chi connectivity index (χ0n) is 31.3. The Morgan fingerprint density at radius 3 is 1.59 bits per heavy atom. The van der Waals surface area contributed by atoms with E-state index in [1.807, 2.05) is 24.3 Å². The van der Waals surface area contributed by atoms with Crippen molar-refractivity contribution in [2.75, 3.05) is 4.90 Å². The Kier molecular flexibility index (Phi) is 7.20. The zero-order chi connectivity index (χ0) is 38.2. The van der Waals surface area contributed by atoms with Gasteiger partial charge in [0.1, 0.15) is 22.3 Å². The number of benzene rings is 9. The maximum absolute atomic E-state index is 6.39. The minimum absolute atomic E-state index is 0.859. The lowest BCUT2D eigenvalue weighted by Crippen LogP contribution is -2.10. The number of hydrogen-bond donors (Lipinski definition) is 0. The van der Waals surface area contributed by atoms with Gasteiger partial charge in [-0.05, 0) is 107 Å². The average molecular weight is 743 g/mol. The molecule has 58 heavy (non-hydrogen) atoms. The molecule has 9 aromatic carbocycles. The predicted molar refractivity (Wildman–Crippen MR) is 241 cm³/mol. The molecule has 12 rings (SSSR count). The molecule has 0 aliphatic heterocycles. The summed E-state index contributed by atoms with van der Waals surface area (Å²) in [4.78, 5) is 2.34. The highest BCUT2D eigenvalue weighted by molar-refractivity contribution is 6.14. The van der Waals surface area contributed by atoms with E-state index in [4.69, 9.17) is 8.83 Å². The van der Waals surface area contributed by atoms with Gasteiger partial charge in [0.05, 0.1) is 22.1 Å². The molecule has 0 spiro atoms. The van der Waals surface area contributed by atoms with Crippen LogP contribution in [0.2, 0.25) is 0 Å². The molecule has 0 fully saturated rings. The van der Waals surface area contributed by atoms with Gasteiger partial charge < -0.3 is 18.3 Å². The van der Waals surface area contributed by atoms with Crippen LogP contribution < -0.4 is 4.90 Å². The Morgan fingerprint density at radius 1 is 0.328 bits per heavy atom. The van der Waals surface area contributed by atoms with E-state index in [2.05, 4.69) is 191 Å². The van der Waals surface area contributed by atoms with Crippen LogP contribution in [0.5, 0.6) is 0 Å². The van der Waals surface area contributed by atoms with Gasteiger partial charge in [-0.25, -0.2) is 0 Å². The number of fused-ring (bicyclic) bond motifs is 9. The lowest BCUT2D eigenvalue weighted by Gasteiger charge is -2.26. The van der Waals surface area contributed by atoms with Crippen LogP contribution in [0.3, 0.4) is 0 Å². The molecular formula is C54H34N2O2. The number of furan rings is 2. The molecule has 0 aliphatic carbocycles. The number of anilines is 3. The number of rotatable bonds is 6. The van der Waals surface area contributed by atoms with Crippen LogP contribution in [0.1, 0.15) is 0 Å². The molecule has 4 heteroatoms. The Hall–Kier alpha value is -7.82. The molecule has 0 radical (unpaired) electrons. The van der Waals surface area contributed by atoms with Crippen molar-refractivity contribution < 1.29 is 8.83 Å².